The van der Waals surface area contributed by atoms with Gasteiger partial charge in [0.05, 0.1) is 23.4 Å². The van der Waals surface area contributed by atoms with E-state index in [4.69, 9.17) is 4.74 Å². The van der Waals surface area contributed by atoms with Crippen LogP contribution in [0.3, 0.4) is 0 Å². The Bertz CT molecular complexity index is 840. The quantitative estimate of drug-likeness (QED) is 0.482. The highest BCUT2D eigenvalue weighted by molar-refractivity contribution is 7.99. The van der Waals surface area contributed by atoms with Crippen LogP contribution in [0.25, 0.3) is 11.0 Å². The van der Waals surface area contributed by atoms with Crippen molar-refractivity contribution in [3.63, 3.8) is 0 Å². The van der Waals surface area contributed by atoms with E-state index in [1.807, 2.05) is 55.5 Å². The molecule has 4 nitrogen and oxygen atoms in total. The highest BCUT2D eigenvalue weighted by atomic mass is 32.2. The van der Waals surface area contributed by atoms with Crippen molar-refractivity contribution < 1.29 is 9.53 Å². The number of para-hydroxylation sites is 2. The Hall–Kier alpha value is -2.11. The zero-order valence-electron chi connectivity index (χ0n) is 13.9. The first-order valence-electron chi connectivity index (χ1n) is 7.86. The highest BCUT2D eigenvalue weighted by Gasteiger charge is 2.13. The maximum absolute atomic E-state index is 12.4. The molecule has 3 aromatic rings. The Labute approximate surface area is 145 Å². The Morgan fingerprint density at radius 3 is 2.67 bits per heavy atom. The van der Waals surface area contributed by atoms with Crippen LogP contribution in [0.2, 0.25) is 0 Å². The van der Waals surface area contributed by atoms with Gasteiger partial charge in [0.2, 0.25) is 0 Å². The predicted molar refractivity (Wildman–Crippen MR) is 97.8 cm³/mol. The summed E-state index contributed by atoms with van der Waals surface area (Å²) >= 11 is 1.48. The third kappa shape index (κ3) is 3.68. The van der Waals surface area contributed by atoms with Gasteiger partial charge < -0.3 is 9.30 Å². The molecular weight excluding hydrogens is 320 g/mol. The summed E-state index contributed by atoms with van der Waals surface area (Å²) in [6, 6.07) is 15.7. The summed E-state index contributed by atoms with van der Waals surface area (Å²) in [7, 11) is 1.69. The number of benzene rings is 2. The highest BCUT2D eigenvalue weighted by Crippen LogP contribution is 2.24. The van der Waals surface area contributed by atoms with E-state index in [9.17, 15) is 4.79 Å². The van der Waals surface area contributed by atoms with Crippen molar-refractivity contribution in [2.24, 2.45) is 0 Å². The minimum atomic E-state index is 0.116. The number of hydrogen-bond donors (Lipinski definition) is 0. The number of hydrogen-bond acceptors (Lipinski definition) is 4. The van der Waals surface area contributed by atoms with Gasteiger partial charge in [0.15, 0.2) is 10.9 Å². The molecule has 0 saturated carbocycles. The summed E-state index contributed by atoms with van der Waals surface area (Å²) in [6.07, 6.45) is 0. The summed E-state index contributed by atoms with van der Waals surface area (Å²) < 4.78 is 7.32. The molecule has 0 atom stereocenters. The van der Waals surface area contributed by atoms with Gasteiger partial charge in [-0.25, -0.2) is 4.98 Å². The van der Waals surface area contributed by atoms with Gasteiger partial charge in [-0.05, 0) is 19.1 Å². The molecule has 0 bridgehead atoms. The maximum Gasteiger partial charge on any atom is 0.173 e. The average Bonchev–Trinajstić information content (AvgIpc) is 2.96. The molecule has 1 heterocycles. The molecule has 24 heavy (non-hydrogen) atoms. The Kier molecular flexibility index (Phi) is 5.33. The van der Waals surface area contributed by atoms with Crippen LogP contribution in [-0.2, 0) is 11.3 Å². The second-order valence-corrected chi connectivity index (χ2v) is 6.55. The van der Waals surface area contributed by atoms with Crippen LogP contribution in [0.15, 0.2) is 53.7 Å². The Balaban J connectivity index is 1.78. The lowest BCUT2D eigenvalue weighted by molar-refractivity contribution is 0.102. The van der Waals surface area contributed by atoms with Gasteiger partial charge in [0.25, 0.3) is 0 Å². The SMILES string of the molecule is COCCn1c(SCC(=O)c2ccc(C)cc2)nc2ccccc21. The first-order valence-corrected chi connectivity index (χ1v) is 8.84. The van der Waals surface area contributed by atoms with E-state index in [1.54, 1.807) is 7.11 Å². The number of aromatic nitrogens is 2. The van der Waals surface area contributed by atoms with Gasteiger partial charge in [0.1, 0.15) is 0 Å². The van der Waals surface area contributed by atoms with Crippen LogP contribution < -0.4 is 0 Å². The topological polar surface area (TPSA) is 44.1 Å². The number of methoxy groups -OCH3 is 1. The second kappa shape index (κ2) is 7.64. The smallest absolute Gasteiger partial charge is 0.173 e. The van der Waals surface area contributed by atoms with Crippen molar-refractivity contribution >= 4 is 28.6 Å². The van der Waals surface area contributed by atoms with E-state index in [-0.39, 0.29) is 5.78 Å². The minimum absolute atomic E-state index is 0.116. The van der Waals surface area contributed by atoms with Gasteiger partial charge >= 0.3 is 0 Å². The lowest BCUT2D eigenvalue weighted by atomic mass is 10.1. The molecule has 0 spiro atoms. The standard InChI is InChI=1S/C19H20N2O2S/c1-14-7-9-15(10-8-14)18(22)13-24-19-20-16-5-3-4-6-17(16)21(19)11-12-23-2/h3-10H,11-13H2,1-2H3. The summed E-state index contributed by atoms with van der Waals surface area (Å²) in [5, 5.41) is 0.855. The fourth-order valence-electron chi connectivity index (χ4n) is 2.52. The van der Waals surface area contributed by atoms with Crippen LogP contribution >= 0.6 is 11.8 Å². The number of ketones is 1. The molecule has 0 unspecified atom stereocenters. The number of carbonyl (C=O) groups excluding carboxylic acids is 1. The monoisotopic (exact) mass is 340 g/mol. The van der Waals surface area contributed by atoms with Crippen molar-refractivity contribution in [2.45, 2.75) is 18.6 Å². The second-order valence-electron chi connectivity index (χ2n) is 5.61. The minimum Gasteiger partial charge on any atom is -0.383 e. The van der Waals surface area contributed by atoms with Crippen LogP contribution in [-0.4, -0.2) is 34.8 Å². The third-order valence-corrected chi connectivity index (χ3v) is 4.82. The van der Waals surface area contributed by atoms with E-state index in [2.05, 4.69) is 9.55 Å². The molecule has 0 aliphatic carbocycles. The van der Waals surface area contributed by atoms with Gasteiger partial charge in [-0.1, -0.05) is 53.7 Å². The normalized spacial score (nSPS) is 11.1. The van der Waals surface area contributed by atoms with Crippen molar-refractivity contribution in [2.75, 3.05) is 19.5 Å². The number of imidazole rings is 1. The van der Waals surface area contributed by atoms with Crippen LogP contribution in [0, 0.1) is 6.92 Å². The molecular formula is C19H20N2O2S. The van der Waals surface area contributed by atoms with E-state index >= 15 is 0 Å². The number of nitrogens with zero attached hydrogens (tertiary/aromatic N) is 2. The molecule has 0 amide bonds. The van der Waals surface area contributed by atoms with E-state index in [0.717, 1.165) is 33.9 Å². The zero-order chi connectivity index (χ0) is 16.9. The number of aryl methyl sites for hydroxylation is 1. The summed E-state index contributed by atoms with van der Waals surface area (Å²) in [6.45, 7) is 3.35. The van der Waals surface area contributed by atoms with Crippen LogP contribution in [0.5, 0.6) is 0 Å². The summed E-state index contributed by atoms with van der Waals surface area (Å²) in [4.78, 5) is 17.1. The molecule has 1 aromatic heterocycles. The van der Waals surface area contributed by atoms with E-state index < -0.39 is 0 Å². The molecule has 0 saturated heterocycles. The van der Waals surface area contributed by atoms with E-state index in [0.29, 0.717) is 12.4 Å². The predicted octanol–water partition coefficient (Wildman–Crippen LogP) is 3.97. The van der Waals surface area contributed by atoms with Crippen molar-refractivity contribution in [3.05, 3.63) is 59.7 Å². The van der Waals surface area contributed by atoms with Crippen LogP contribution in [0.4, 0.5) is 0 Å². The Morgan fingerprint density at radius 1 is 1.17 bits per heavy atom. The zero-order valence-corrected chi connectivity index (χ0v) is 14.7. The molecule has 124 valence electrons. The molecule has 3 rings (SSSR count). The van der Waals surface area contributed by atoms with Crippen molar-refractivity contribution in [1.82, 2.24) is 9.55 Å². The molecule has 5 heteroatoms. The van der Waals surface area contributed by atoms with Crippen molar-refractivity contribution in [1.29, 1.82) is 0 Å². The summed E-state index contributed by atoms with van der Waals surface area (Å²) in [5.41, 5.74) is 3.91. The fourth-order valence-corrected chi connectivity index (χ4v) is 3.45. The number of ether oxygens (including phenoxy) is 1. The molecule has 0 aliphatic heterocycles. The first kappa shape index (κ1) is 16.7. The summed E-state index contributed by atoms with van der Waals surface area (Å²) in [5.74, 6) is 0.490. The van der Waals surface area contributed by atoms with Gasteiger partial charge in [-0.15, -0.1) is 0 Å². The molecule has 0 radical (unpaired) electrons. The van der Waals surface area contributed by atoms with Gasteiger partial charge in [-0.2, -0.15) is 0 Å². The molecule has 0 N–H and O–H groups in total. The number of carbonyl (C=O) groups is 1. The Morgan fingerprint density at radius 2 is 1.92 bits per heavy atom. The van der Waals surface area contributed by atoms with Gasteiger partial charge in [0, 0.05) is 19.2 Å². The van der Waals surface area contributed by atoms with Crippen LogP contribution in [0.1, 0.15) is 15.9 Å². The molecule has 0 aliphatic rings. The maximum atomic E-state index is 12.4. The van der Waals surface area contributed by atoms with Gasteiger partial charge in [-0.3, -0.25) is 4.79 Å². The lowest BCUT2D eigenvalue weighted by Crippen LogP contribution is -2.07. The average molecular weight is 340 g/mol. The molecule has 0 fully saturated rings. The number of thioether (sulfide) groups is 1. The third-order valence-electron chi connectivity index (χ3n) is 3.84. The van der Waals surface area contributed by atoms with E-state index in [1.165, 1.54) is 11.8 Å². The fraction of sp³-hybridized carbons (Fsp3) is 0.263. The largest absolute Gasteiger partial charge is 0.383 e. The first-order chi connectivity index (χ1) is 11.7. The number of Topliss-reactive ketones (excluding diaryl/α,β-unsaturated/α-hetero) is 1. The number of fused-ring (bicyclic) bond motifs is 1. The van der Waals surface area contributed by atoms with Crippen molar-refractivity contribution in [3.8, 4) is 0 Å². The number of rotatable bonds is 7. The lowest BCUT2D eigenvalue weighted by Gasteiger charge is -2.08. The molecule has 2 aromatic carbocycles.